The number of furan rings is 1. The Morgan fingerprint density at radius 2 is 1.64 bits per heavy atom. The molecule has 2 aromatic heterocycles. The lowest BCUT2D eigenvalue weighted by Gasteiger charge is -2.18. The first-order chi connectivity index (χ1) is 17.4. The average molecular weight is 487 g/mol. The number of ether oxygens (including phenoxy) is 3. The van der Waals surface area contributed by atoms with Crippen molar-refractivity contribution in [1.82, 2.24) is 4.98 Å². The summed E-state index contributed by atoms with van der Waals surface area (Å²) >= 11 is 0. The summed E-state index contributed by atoms with van der Waals surface area (Å²) < 4.78 is 21.3. The van der Waals surface area contributed by atoms with Crippen LogP contribution in [-0.4, -0.2) is 45.2 Å². The Bertz CT molecular complexity index is 1410. The molecule has 0 N–H and O–H groups in total. The number of hydrogen-bond acceptors (Lipinski definition) is 7. The molecule has 1 amide bonds. The van der Waals surface area contributed by atoms with Crippen molar-refractivity contribution < 1.29 is 28.2 Å². The lowest BCUT2D eigenvalue weighted by atomic mass is 10.0. The van der Waals surface area contributed by atoms with E-state index in [2.05, 4.69) is 4.98 Å². The first kappa shape index (κ1) is 24.5. The van der Waals surface area contributed by atoms with Gasteiger partial charge in [0.05, 0.1) is 26.9 Å². The van der Waals surface area contributed by atoms with Gasteiger partial charge in [-0.25, -0.2) is 4.79 Å². The molecule has 0 saturated carbocycles. The van der Waals surface area contributed by atoms with Crippen LogP contribution in [0.3, 0.4) is 0 Å². The van der Waals surface area contributed by atoms with E-state index in [1.807, 2.05) is 36.4 Å². The second-order valence-electron chi connectivity index (χ2n) is 8.01. The van der Waals surface area contributed by atoms with Crippen LogP contribution in [-0.2, 0) is 4.74 Å². The van der Waals surface area contributed by atoms with Gasteiger partial charge in [-0.05, 0) is 55.5 Å². The van der Waals surface area contributed by atoms with Crippen LogP contribution in [0.1, 0.15) is 26.5 Å². The van der Waals surface area contributed by atoms with E-state index < -0.39 is 5.97 Å². The van der Waals surface area contributed by atoms with Gasteiger partial charge in [0.25, 0.3) is 5.91 Å². The first-order valence-corrected chi connectivity index (χ1v) is 11.1. The largest absolute Gasteiger partial charge is 0.497 e. The molecule has 2 heterocycles. The molecule has 36 heavy (non-hydrogen) atoms. The van der Waals surface area contributed by atoms with E-state index in [9.17, 15) is 9.59 Å². The smallest absolute Gasteiger partial charge is 0.341 e. The van der Waals surface area contributed by atoms with E-state index in [1.54, 1.807) is 57.5 Å². The minimum absolute atomic E-state index is 0.216. The maximum absolute atomic E-state index is 13.3. The summed E-state index contributed by atoms with van der Waals surface area (Å²) in [7, 11) is 6.20. The number of pyridine rings is 1. The van der Waals surface area contributed by atoms with Crippen LogP contribution in [0.5, 0.6) is 11.5 Å². The number of nitrogens with zero attached hydrogens (tertiary/aromatic N) is 2. The van der Waals surface area contributed by atoms with Crippen LogP contribution < -0.4 is 14.4 Å². The number of hydrogen-bond donors (Lipinski definition) is 0. The number of carbonyl (C=O) groups is 2. The molecule has 8 nitrogen and oxygen atoms in total. The van der Waals surface area contributed by atoms with Crippen molar-refractivity contribution in [2.75, 3.05) is 33.3 Å². The van der Waals surface area contributed by atoms with E-state index in [1.165, 1.54) is 13.3 Å². The minimum Gasteiger partial charge on any atom is -0.497 e. The molecule has 0 unspecified atom stereocenters. The summed E-state index contributed by atoms with van der Waals surface area (Å²) in [5, 5.41) is 0. The standard InChI is InChI=1S/C28H26N2O6/c1-17-24(28(32)35-5)14-25(36-17)18-6-8-21(9-7-18)30(2)27(31)20-12-19(15-29-16-20)23-11-10-22(33-3)13-26(23)34-4/h6-16H,1-5H3. The Labute approximate surface area is 209 Å². The summed E-state index contributed by atoms with van der Waals surface area (Å²) in [4.78, 5) is 30.9. The zero-order chi connectivity index (χ0) is 25.8. The molecule has 0 atom stereocenters. The molecule has 8 heteroatoms. The van der Waals surface area contributed by atoms with Crippen molar-refractivity contribution in [2.24, 2.45) is 0 Å². The third kappa shape index (κ3) is 4.79. The fraction of sp³-hybridized carbons (Fsp3) is 0.179. The summed E-state index contributed by atoms with van der Waals surface area (Å²) in [6.07, 6.45) is 3.22. The number of amides is 1. The number of aryl methyl sites for hydroxylation is 1. The second-order valence-corrected chi connectivity index (χ2v) is 8.01. The van der Waals surface area contributed by atoms with Crippen LogP contribution in [0.4, 0.5) is 5.69 Å². The van der Waals surface area contributed by atoms with Gasteiger partial charge in [0, 0.05) is 47.9 Å². The topological polar surface area (TPSA) is 91.1 Å². The second kappa shape index (κ2) is 10.4. The quantitative estimate of drug-likeness (QED) is 0.323. The van der Waals surface area contributed by atoms with Gasteiger partial charge in [-0.2, -0.15) is 0 Å². The molecule has 0 radical (unpaired) electrons. The zero-order valence-corrected chi connectivity index (χ0v) is 20.7. The summed E-state index contributed by atoms with van der Waals surface area (Å²) in [6.45, 7) is 1.71. The van der Waals surface area contributed by atoms with E-state index in [0.717, 1.165) is 16.7 Å². The summed E-state index contributed by atoms with van der Waals surface area (Å²) in [5.41, 5.74) is 3.82. The van der Waals surface area contributed by atoms with Gasteiger partial charge in [-0.3, -0.25) is 9.78 Å². The molecule has 0 bridgehead atoms. The van der Waals surface area contributed by atoms with Crippen molar-refractivity contribution in [3.63, 3.8) is 0 Å². The van der Waals surface area contributed by atoms with Crippen molar-refractivity contribution in [3.05, 3.63) is 83.9 Å². The van der Waals surface area contributed by atoms with Crippen LogP contribution in [0.2, 0.25) is 0 Å². The third-order valence-corrected chi connectivity index (χ3v) is 5.87. The lowest BCUT2D eigenvalue weighted by molar-refractivity contribution is 0.0598. The van der Waals surface area contributed by atoms with Gasteiger partial charge < -0.3 is 23.5 Å². The van der Waals surface area contributed by atoms with E-state index >= 15 is 0 Å². The van der Waals surface area contributed by atoms with Crippen molar-refractivity contribution in [1.29, 1.82) is 0 Å². The number of carbonyl (C=O) groups excluding carboxylic acids is 2. The number of anilines is 1. The Morgan fingerprint density at radius 3 is 2.31 bits per heavy atom. The molecular weight excluding hydrogens is 460 g/mol. The molecule has 0 spiro atoms. The molecule has 0 saturated heterocycles. The zero-order valence-electron chi connectivity index (χ0n) is 20.7. The number of benzene rings is 2. The normalized spacial score (nSPS) is 10.6. The molecule has 184 valence electrons. The highest BCUT2D eigenvalue weighted by atomic mass is 16.5. The Morgan fingerprint density at radius 1 is 0.889 bits per heavy atom. The van der Waals surface area contributed by atoms with Crippen molar-refractivity contribution >= 4 is 17.6 Å². The highest BCUT2D eigenvalue weighted by molar-refractivity contribution is 6.06. The number of rotatable bonds is 7. The van der Waals surface area contributed by atoms with Crippen LogP contribution in [0.15, 0.2) is 71.4 Å². The van der Waals surface area contributed by atoms with Gasteiger partial charge in [-0.1, -0.05) is 0 Å². The third-order valence-electron chi connectivity index (χ3n) is 5.87. The number of aromatic nitrogens is 1. The van der Waals surface area contributed by atoms with E-state index in [4.69, 9.17) is 18.6 Å². The van der Waals surface area contributed by atoms with Crippen molar-refractivity contribution in [3.8, 4) is 33.9 Å². The summed E-state index contributed by atoms with van der Waals surface area (Å²) in [5.74, 6) is 1.64. The molecule has 4 rings (SSSR count). The molecule has 4 aromatic rings. The van der Waals surface area contributed by atoms with Crippen LogP contribution >= 0.6 is 0 Å². The van der Waals surface area contributed by atoms with Crippen molar-refractivity contribution in [2.45, 2.75) is 6.92 Å². The lowest BCUT2D eigenvalue weighted by Crippen LogP contribution is -2.26. The first-order valence-electron chi connectivity index (χ1n) is 11.1. The maximum atomic E-state index is 13.3. The van der Waals surface area contributed by atoms with Gasteiger partial charge in [0.2, 0.25) is 0 Å². The predicted octanol–water partition coefficient (Wildman–Crippen LogP) is 5.40. The molecule has 0 aliphatic carbocycles. The average Bonchev–Trinajstić information content (AvgIpc) is 3.32. The molecule has 0 aliphatic rings. The number of esters is 1. The Kier molecular flexibility index (Phi) is 7.05. The highest BCUT2D eigenvalue weighted by Crippen LogP contribution is 2.34. The Balaban J connectivity index is 1.57. The van der Waals surface area contributed by atoms with E-state index in [-0.39, 0.29) is 5.91 Å². The van der Waals surface area contributed by atoms with E-state index in [0.29, 0.717) is 39.8 Å². The maximum Gasteiger partial charge on any atom is 0.341 e. The minimum atomic E-state index is -0.451. The Hall–Kier alpha value is -4.59. The summed E-state index contributed by atoms with van der Waals surface area (Å²) in [6, 6.07) is 16.2. The van der Waals surface area contributed by atoms with Crippen LogP contribution in [0, 0.1) is 6.92 Å². The fourth-order valence-corrected chi connectivity index (χ4v) is 3.84. The fourth-order valence-electron chi connectivity index (χ4n) is 3.84. The molecule has 0 fully saturated rings. The highest BCUT2D eigenvalue weighted by Gasteiger charge is 2.19. The monoisotopic (exact) mass is 486 g/mol. The molecule has 2 aromatic carbocycles. The van der Waals surface area contributed by atoms with Gasteiger partial charge in [0.15, 0.2) is 0 Å². The van der Waals surface area contributed by atoms with Gasteiger partial charge in [-0.15, -0.1) is 0 Å². The SMILES string of the molecule is COC(=O)c1cc(-c2ccc(N(C)C(=O)c3cncc(-c4ccc(OC)cc4OC)c3)cc2)oc1C. The number of methoxy groups -OCH3 is 3. The predicted molar refractivity (Wildman–Crippen MR) is 136 cm³/mol. The molecule has 0 aliphatic heterocycles. The molecular formula is C28H26N2O6. The van der Waals surface area contributed by atoms with Gasteiger partial charge in [0.1, 0.15) is 28.6 Å². The van der Waals surface area contributed by atoms with Gasteiger partial charge >= 0.3 is 5.97 Å². The van der Waals surface area contributed by atoms with Crippen LogP contribution in [0.25, 0.3) is 22.5 Å².